The Kier molecular flexibility index (Phi) is 6.05. The number of piperidine rings is 1. The van der Waals surface area contributed by atoms with Crippen molar-refractivity contribution in [3.05, 3.63) is 0 Å². The van der Waals surface area contributed by atoms with Crippen LogP contribution in [0.25, 0.3) is 0 Å². The van der Waals surface area contributed by atoms with Gasteiger partial charge in [0.2, 0.25) is 10.0 Å². The number of nitrogens with zero attached hydrogens (tertiary/aromatic N) is 1. The summed E-state index contributed by atoms with van der Waals surface area (Å²) in [6.07, 6.45) is 1.98. The second-order valence-electron chi connectivity index (χ2n) is 4.51. The van der Waals surface area contributed by atoms with Crippen molar-refractivity contribution in [1.82, 2.24) is 4.31 Å². The number of ether oxygens (including phenoxy) is 2. The first-order valence-electron chi connectivity index (χ1n) is 6.33. The lowest BCUT2D eigenvalue weighted by Gasteiger charge is -2.42. The first-order chi connectivity index (χ1) is 9.58. The van der Waals surface area contributed by atoms with Gasteiger partial charge in [0.05, 0.1) is 32.4 Å². The predicted molar refractivity (Wildman–Crippen MR) is 70.6 cm³/mol. The monoisotopic (exact) mass is 329 g/mol. The van der Waals surface area contributed by atoms with E-state index in [4.69, 9.17) is 9.47 Å². The lowest BCUT2D eigenvalue weighted by molar-refractivity contribution is -0.447. The topological polar surface area (TPSA) is 83.5 Å². The van der Waals surface area contributed by atoms with E-state index in [-0.39, 0.29) is 5.08 Å². The molecule has 0 aromatic rings. The Morgan fingerprint density at radius 1 is 1.25 bits per heavy atom. The summed E-state index contributed by atoms with van der Waals surface area (Å²) < 4.78 is 41.4. The van der Waals surface area contributed by atoms with Crippen LogP contribution in [0.3, 0.4) is 0 Å². The fourth-order valence-electron chi connectivity index (χ4n) is 2.21. The van der Waals surface area contributed by atoms with Crippen molar-refractivity contribution >= 4 is 22.1 Å². The zero-order valence-corrected chi connectivity index (χ0v) is 12.9. The highest BCUT2D eigenvalue weighted by molar-refractivity contribution is 8.08. The molecule has 10 heteroatoms. The molecule has 0 radical (unpaired) electrons. The molecule has 2 saturated heterocycles. The van der Waals surface area contributed by atoms with Crippen molar-refractivity contribution in [2.24, 2.45) is 0 Å². The molecule has 0 aromatic heterocycles. The first kappa shape index (κ1) is 16.4. The molecular formula is C10H19NO7S2. The van der Waals surface area contributed by atoms with Gasteiger partial charge in [-0.2, -0.15) is 0 Å². The molecule has 2 rings (SSSR count). The molecule has 2 fully saturated rings. The van der Waals surface area contributed by atoms with Gasteiger partial charge in [-0.15, -0.1) is 4.33 Å². The van der Waals surface area contributed by atoms with E-state index < -0.39 is 15.8 Å². The minimum atomic E-state index is -3.39. The lowest BCUT2D eigenvalue weighted by Crippen LogP contribution is -2.51. The summed E-state index contributed by atoms with van der Waals surface area (Å²) in [6, 6.07) is 0. The van der Waals surface area contributed by atoms with Crippen molar-refractivity contribution in [1.29, 1.82) is 0 Å². The fraction of sp³-hybridized carbons (Fsp3) is 1.00. The van der Waals surface area contributed by atoms with Gasteiger partial charge in [-0.3, -0.25) is 0 Å². The number of sulfonamides is 1. The summed E-state index contributed by atoms with van der Waals surface area (Å²) in [5, 5.41) is 3.92. The molecular weight excluding hydrogens is 310 g/mol. The normalized spacial score (nSPS) is 24.1. The molecule has 0 atom stereocenters. The Morgan fingerprint density at radius 3 is 2.50 bits per heavy atom. The second kappa shape index (κ2) is 7.36. The Hall–Kier alpha value is 0.0600. The van der Waals surface area contributed by atoms with Crippen LogP contribution in [0.2, 0.25) is 0 Å². The third-order valence-corrected chi connectivity index (χ3v) is 6.12. The zero-order chi connectivity index (χ0) is 14.5. The summed E-state index contributed by atoms with van der Waals surface area (Å²) in [6.45, 7) is 2.11. The Balaban J connectivity index is 1.80. The molecule has 118 valence electrons. The SMILES string of the molecule is COOOSCS(=O)(=O)N1CCC2(CC1)OCCCO2. The van der Waals surface area contributed by atoms with Gasteiger partial charge in [-0.25, -0.2) is 17.6 Å². The highest BCUT2D eigenvalue weighted by Gasteiger charge is 2.41. The second-order valence-corrected chi connectivity index (χ2v) is 7.51. The molecule has 0 unspecified atom stereocenters. The molecule has 8 nitrogen and oxygen atoms in total. The standard InChI is InChI=1S/C10H19NO7S2/c1-14-17-18-19-9-20(12,13)11-5-3-10(4-6-11)15-7-2-8-16-10/h2-9H2,1H3. The average Bonchev–Trinajstić information content (AvgIpc) is 2.45. The van der Waals surface area contributed by atoms with Gasteiger partial charge in [0.25, 0.3) is 0 Å². The molecule has 0 aliphatic carbocycles. The summed E-state index contributed by atoms with van der Waals surface area (Å²) in [5.74, 6) is -0.590. The molecule has 1 spiro atoms. The van der Waals surface area contributed by atoms with E-state index in [1.165, 1.54) is 11.4 Å². The molecule has 0 aromatic carbocycles. The molecule has 2 aliphatic rings. The zero-order valence-electron chi connectivity index (χ0n) is 11.3. The summed E-state index contributed by atoms with van der Waals surface area (Å²) in [5.41, 5.74) is 0. The van der Waals surface area contributed by atoms with E-state index in [2.05, 4.69) is 14.3 Å². The molecule has 0 N–H and O–H groups in total. The van der Waals surface area contributed by atoms with E-state index in [0.717, 1.165) is 6.42 Å². The quantitative estimate of drug-likeness (QED) is 0.304. The maximum atomic E-state index is 12.1. The smallest absolute Gasteiger partial charge is 0.225 e. The van der Waals surface area contributed by atoms with Crippen molar-refractivity contribution in [2.45, 2.75) is 25.0 Å². The maximum absolute atomic E-state index is 12.1. The molecule has 2 heterocycles. The molecule has 0 bridgehead atoms. The van der Waals surface area contributed by atoms with E-state index in [0.29, 0.717) is 51.2 Å². The number of hydrogen-bond acceptors (Lipinski definition) is 8. The minimum Gasteiger partial charge on any atom is -0.350 e. The minimum absolute atomic E-state index is 0.231. The first-order valence-corrected chi connectivity index (χ1v) is 8.85. The largest absolute Gasteiger partial charge is 0.350 e. The molecule has 0 saturated carbocycles. The summed E-state index contributed by atoms with van der Waals surface area (Å²) in [7, 11) is -2.13. The van der Waals surface area contributed by atoms with Gasteiger partial charge < -0.3 is 9.47 Å². The van der Waals surface area contributed by atoms with Gasteiger partial charge in [0.1, 0.15) is 5.08 Å². The summed E-state index contributed by atoms with van der Waals surface area (Å²) >= 11 is 0.666. The van der Waals surface area contributed by atoms with E-state index in [1.54, 1.807) is 0 Å². The lowest BCUT2D eigenvalue weighted by atomic mass is 10.0. The van der Waals surface area contributed by atoms with Gasteiger partial charge >= 0.3 is 0 Å². The average molecular weight is 329 g/mol. The van der Waals surface area contributed by atoms with E-state index in [1.807, 2.05) is 0 Å². The predicted octanol–water partition coefficient (Wildman–Crippen LogP) is 0.661. The van der Waals surface area contributed by atoms with Crippen LogP contribution in [0.4, 0.5) is 0 Å². The van der Waals surface area contributed by atoms with Crippen LogP contribution < -0.4 is 0 Å². The third-order valence-electron chi connectivity index (χ3n) is 3.24. The fourth-order valence-corrected chi connectivity index (χ4v) is 4.29. The number of rotatable bonds is 6. The van der Waals surface area contributed by atoms with Gasteiger partial charge in [-0.1, -0.05) is 5.04 Å². The number of hydrogen-bond donors (Lipinski definition) is 0. The van der Waals surface area contributed by atoms with Crippen LogP contribution in [0.15, 0.2) is 0 Å². The van der Waals surface area contributed by atoms with Crippen LogP contribution in [0.1, 0.15) is 19.3 Å². The van der Waals surface area contributed by atoms with Crippen molar-refractivity contribution in [3.63, 3.8) is 0 Å². The van der Waals surface area contributed by atoms with Gasteiger partial charge in [0.15, 0.2) is 5.79 Å². The van der Waals surface area contributed by atoms with Crippen LogP contribution in [-0.4, -0.2) is 57.0 Å². The van der Waals surface area contributed by atoms with Crippen molar-refractivity contribution in [3.8, 4) is 0 Å². The Labute approximate surface area is 122 Å². The summed E-state index contributed by atoms with van der Waals surface area (Å²) in [4.78, 5) is 4.19. The van der Waals surface area contributed by atoms with E-state index in [9.17, 15) is 8.42 Å². The van der Waals surface area contributed by atoms with Gasteiger partial charge in [0, 0.05) is 25.9 Å². The highest BCUT2D eigenvalue weighted by Crippen LogP contribution is 2.32. The Morgan fingerprint density at radius 2 is 1.90 bits per heavy atom. The molecule has 20 heavy (non-hydrogen) atoms. The van der Waals surface area contributed by atoms with Crippen molar-refractivity contribution < 1.29 is 32.2 Å². The van der Waals surface area contributed by atoms with Crippen LogP contribution >= 0.6 is 12.0 Å². The Bertz CT molecular complexity index is 386. The molecule has 2 aliphatic heterocycles. The highest BCUT2D eigenvalue weighted by atomic mass is 32.3. The molecule has 0 amide bonds. The van der Waals surface area contributed by atoms with Crippen LogP contribution in [0, 0.1) is 0 Å². The van der Waals surface area contributed by atoms with E-state index >= 15 is 0 Å². The maximum Gasteiger partial charge on any atom is 0.225 e. The van der Waals surface area contributed by atoms with Crippen LogP contribution in [0.5, 0.6) is 0 Å². The van der Waals surface area contributed by atoms with Crippen molar-refractivity contribution in [2.75, 3.05) is 38.5 Å². The van der Waals surface area contributed by atoms with Gasteiger partial charge in [-0.05, 0) is 6.42 Å². The van der Waals surface area contributed by atoms with Crippen LogP contribution in [-0.2, 0) is 33.8 Å². The third kappa shape index (κ3) is 4.28.